The molecule has 2 aliphatic rings. The third-order valence-corrected chi connectivity index (χ3v) is 4.97. The fraction of sp³-hybridized carbons (Fsp3) is 0.714. The first-order valence-corrected chi connectivity index (χ1v) is 7.86. The number of ketones is 1. The molecule has 2 rings (SSSR count). The van der Waals surface area contributed by atoms with Gasteiger partial charge < -0.3 is 5.11 Å². The van der Waals surface area contributed by atoms with E-state index in [1.807, 2.05) is 4.99 Å². The van der Waals surface area contributed by atoms with Gasteiger partial charge in [-0.3, -0.25) is 9.79 Å². The molecule has 0 aromatic heterocycles. The summed E-state index contributed by atoms with van der Waals surface area (Å²) in [4.78, 5) is 13.1. The van der Waals surface area contributed by atoms with E-state index in [1.54, 1.807) is 0 Å². The van der Waals surface area contributed by atoms with Crippen molar-refractivity contribution in [2.75, 3.05) is 6.54 Å². The van der Waals surface area contributed by atoms with E-state index in [2.05, 4.69) is 0 Å². The Bertz CT molecular complexity index is 933. The summed E-state index contributed by atoms with van der Waals surface area (Å²) in [6.45, 7) is -3.54. The minimum absolute atomic E-state index is 1.19. The fourth-order valence-electron chi connectivity index (χ4n) is 2.80. The molecular formula is C14H4F17NO2. The van der Waals surface area contributed by atoms with Gasteiger partial charge >= 0.3 is 47.4 Å². The molecule has 0 aliphatic heterocycles. The van der Waals surface area contributed by atoms with Crippen LogP contribution in [0.25, 0.3) is 0 Å². The molecule has 3 nitrogen and oxygen atoms in total. The van der Waals surface area contributed by atoms with Gasteiger partial charge in [-0.2, -0.15) is 70.2 Å². The summed E-state index contributed by atoms with van der Waals surface area (Å²) in [5.41, 5.74) is -9.59. The Morgan fingerprint density at radius 1 is 0.588 bits per heavy atom. The summed E-state index contributed by atoms with van der Waals surface area (Å²) in [6.07, 6.45) is -1.19. The van der Waals surface area contributed by atoms with E-state index in [0.717, 1.165) is 0 Å². The van der Waals surface area contributed by atoms with Crippen molar-refractivity contribution in [2.45, 2.75) is 53.0 Å². The van der Waals surface area contributed by atoms with Crippen molar-refractivity contribution >= 4 is 12.0 Å². The predicted octanol–water partition coefficient (Wildman–Crippen LogP) is 5.26. The van der Waals surface area contributed by atoms with E-state index in [9.17, 15) is 79.4 Å². The second-order valence-corrected chi connectivity index (χ2v) is 6.96. The van der Waals surface area contributed by atoms with E-state index in [-0.39, 0.29) is 0 Å². The Morgan fingerprint density at radius 3 is 1.32 bits per heavy atom. The number of halogens is 17. The van der Waals surface area contributed by atoms with Gasteiger partial charge in [-0.05, 0) is 0 Å². The van der Waals surface area contributed by atoms with Crippen molar-refractivity contribution in [1.29, 1.82) is 0 Å². The van der Waals surface area contributed by atoms with Gasteiger partial charge in [0.2, 0.25) is 5.78 Å². The van der Waals surface area contributed by atoms with Gasteiger partial charge in [0.1, 0.15) is 0 Å². The number of aliphatic hydroxyl groups is 1. The number of carbonyl (C=O) groups excluding carboxylic acids is 1. The molecule has 0 aromatic carbocycles. The third kappa shape index (κ3) is 2.61. The van der Waals surface area contributed by atoms with Gasteiger partial charge in [0, 0.05) is 6.21 Å². The fourth-order valence-corrected chi connectivity index (χ4v) is 2.80. The van der Waals surface area contributed by atoms with E-state index < -0.39 is 82.9 Å². The molecule has 0 bridgehead atoms. The van der Waals surface area contributed by atoms with Crippen molar-refractivity contribution in [3.8, 4) is 0 Å². The molecule has 196 valence electrons. The molecule has 0 radical (unpaired) electrons. The molecule has 0 saturated heterocycles. The zero-order valence-corrected chi connectivity index (χ0v) is 15.0. The van der Waals surface area contributed by atoms with Crippen LogP contribution < -0.4 is 0 Å². The highest BCUT2D eigenvalue weighted by Gasteiger charge is 3.01. The van der Waals surface area contributed by atoms with E-state index in [4.69, 9.17) is 5.11 Å². The average Bonchev–Trinajstić information content (AvgIpc) is 2.67. The van der Waals surface area contributed by atoms with Crippen LogP contribution in [0.2, 0.25) is 0 Å². The van der Waals surface area contributed by atoms with Crippen LogP contribution in [0.1, 0.15) is 0 Å². The first-order valence-electron chi connectivity index (χ1n) is 7.86. The molecule has 0 aromatic rings. The van der Waals surface area contributed by atoms with E-state index in [1.165, 1.54) is 0 Å². The lowest BCUT2D eigenvalue weighted by atomic mass is 9.72. The first-order chi connectivity index (χ1) is 14.7. The van der Waals surface area contributed by atoms with Gasteiger partial charge in [0.25, 0.3) is 5.67 Å². The smallest absolute Gasteiger partial charge is 0.387 e. The number of nitrogens with zero attached hydrogens (tertiary/aromatic N) is 1. The molecule has 0 spiro atoms. The topological polar surface area (TPSA) is 49.7 Å². The van der Waals surface area contributed by atoms with E-state index in [0.29, 0.717) is 0 Å². The first kappa shape index (κ1) is 27.9. The highest BCUT2D eigenvalue weighted by Crippen LogP contribution is 2.69. The van der Waals surface area contributed by atoms with Crippen molar-refractivity contribution in [1.82, 2.24) is 0 Å². The SMILES string of the molecule is O=C1C(C=NCC2(F)C(F)(F)C(F)(F)C(F)(F)C(F)(F)C2(F)F)=C(O)C(F)(F)C(F)(F)C1(F)F. The summed E-state index contributed by atoms with van der Waals surface area (Å²) < 4.78 is 228. The maximum atomic E-state index is 14.4. The van der Waals surface area contributed by atoms with Crippen LogP contribution >= 0.6 is 0 Å². The predicted molar refractivity (Wildman–Crippen MR) is 71.4 cm³/mol. The maximum absolute atomic E-state index is 14.4. The lowest BCUT2D eigenvalue weighted by Gasteiger charge is -2.52. The van der Waals surface area contributed by atoms with Crippen LogP contribution in [0.3, 0.4) is 0 Å². The molecule has 1 fully saturated rings. The standard InChI is InChI=1S/C14H4F17NO2/c15-6(9(20,21)12(26,27)14(30,31)13(28,29)10(6,22)23)2-32-1-3-4(33)7(16,17)11(24,25)8(18,19)5(3)34/h1,33H,2H2. The number of hydrogen-bond donors (Lipinski definition) is 1. The van der Waals surface area contributed by atoms with Crippen molar-refractivity contribution in [3.05, 3.63) is 11.3 Å². The molecule has 1 saturated carbocycles. The third-order valence-electron chi connectivity index (χ3n) is 4.97. The molecular weight excluding hydrogens is 537 g/mol. The Labute approximate surface area is 173 Å². The Balaban J connectivity index is 2.65. The van der Waals surface area contributed by atoms with Crippen LogP contribution in [-0.2, 0) is 4.79 Å². The van der Waals surface area contributed by atoms with Crippen molar-refractivity contribution in [2.24, 2.45) is 4.99 Å². The van der Waals surface area contributed by atoms with Crippen LogP contribution in [0.5, 0.6) is 0 Å². The summed E-state index contributed by atoms with van der Waals surface area (Å²) >= 11 is 0. The zero-order chi connectivity index (χ0) is 27.4. The minimum Gasteiger partial charge on any atom is -0.506 e. The second-order valence-electron chi connectivity index (χ2n) is 6.96. The number of alkyl halides is 17. The number of rotatable bonds is 3. The van der Waals surface area contributed by atoms with Crippen LogP contribution in [0.4, 0.5) is 74.6 Å². The molecule has 0 amide bonds. The quantitative estimate of drug-likeness (QED) is 0.392. The number of Topliss-reactive ketones (excluding diaryl/α,β-unsaturated/α-hetero) is 1. The van der Waals surface area contributed by atoms with Crippen LogP contribution in [-0.4, -0.2) is 76.7 Å². The molecule has 0 atom stereocenters. The lowest BCUT2D eigenvalue weighted by Crippen LogP contribution is -2.84. The highest BCUT2D eigenvalue weighted by atomic mass is 19.4. The van der Waals surface area contributed by atoms with Gasteiger partial charge in [-0.15, -0.1) is 0 Å². The summed E-state index contributed by atoms with van der Waals surface area (Å²) in [5, 5.41) is 8.95. The molecule has 1 N–H and O–H groups in total. The normalized spacial score (nSPS) is 31.5. The average molecular weight is 541 g/mol. The second kappa shape index (κ2) is 6.67. The number of hydrogen-bond acceptors (Lipinski definition) is 3. The summed E-state index contributed by atoms with van der Waals surface area (Å²) in [7, 11) is 0. The van der Waals surface area contributed by atoms with Gasteiger partial charge in [0.05, 0.1) is 12.1 Å². The Morgan fingerprint density at radius 2 is 0.941 bits per heavy atom. The minimum atomic E-state index is -7.60. The van der Waals surface area contributed by atoms with Crippen LogP contribution in [0, 0.1) is 0 Å². The molecule has 20 heteroatoms. The molecule has 2 aliphatic carbocycles. The Hall–Kier alpha value is -2.31. The van der Waals surface area contributed by atoms with Crippen LogP contribution in [0.15, 0.2) is 16.3 Å². The summed E-state index contributed by atoms with van der Waals surface area (Å²) in [5.74, 6) is -63.8. The monoisotopic (exact) mass is 541 g/mol. The molecule has 0 heterocycles. The van der Waals surface area contributed by atoms with Crippen molar-refractivity contribution < 1.29 is 84.5 Å². The highest BCUT2D eigenvalue weighted by molar-refractivity contribution is 6.18. The lowest BCUT2D eigenvalue weighted by molar-refractivity contribution is -0.483. The van der Waals surface area contributed by atoms with Gasteiger partial charge in [0.15, 0.2) is 5.76 Å². The zero-order valence-electron chi connectivity index (χ0n) is 15.0. The number of carbonyl (C=O) groups is 1. The van der Waals surface area contributed by atoms with E-state index >= 15 is 0 Å². The number of aliphatic hydroxyl groups excluding tert-OH is 1. The summed E-state index contributed by atoms with van der Waals surface area (Å²) in [6, 6.07) is 0. The maximum Gasteiger partial charge on any atom is 0.387 e. The number of allylic oxidation sites excluding steroid dienone is 2. The largest absolute Gasteiger partial charge is 0.506 e. The van der Waals surface area contributed by atoms with Crippen molar-refractivity contribution in [3.63, 3.8) is 0 Å². The number of aliphatic imine (C=N–C) groups is 1. The molecule has 0 unspecified atom stereocenters. The Kier molecular flexibility index (Phi) is 5.48. The molecule has 34 heavy (non-hydrogen) atoms. The van der Waals surface area contributed by atoms with Gasteiger partial charge in [-0.1, -0.05) is 0 Å². The van der Waals surface area contributed by atoms with Gasteiger partial charge in [-0.25, -0.2) is 4.39 Å².